The molecule has 1 amide bonds. The molecule has 0 aliphatic heterocycles. The van der Waals surface area contributed by atoms with Crippen LogP contribution in [0.2, 0.25) is 0 Å². The molecule has 0 aromatic carbocycles. The predicted molar refractivity (Wildman–Crippen MR) is 86.9 cm³/mol. The van der Waals surface area contributed by atoms with Gasteiger partial charge < -0.3 is 11.1 Å². The quantitative estimate of drug-likeness (QED) is 0.775. The summed E-state index contributed by atoms with van der Waals surface area (Å²) in [5.41, 5.74) is 7.17. The van der Waals surface area contributed by atoms with Gasteiger partial charge in [-0.1, -0.05) is 6.92 Å². The molecule has 0 aliphatic carbocycles. The van der Waals surface area contributed by atoms with E-state index in [0.29, 0.717) is 22.6 Å². The van der Waals surface area contributed by atoms with Crippen molar-refractivity contribution in [3.05, 3.63) is 39.8 Å². The van der Waals surface area contributed by atoms with Gasteiger partial charge in [-0.3, -0.25) is 9.78 Å². The van der Waals surface area contributed by atoms with E-state index in [-0.39, 0.29) is 11.8 Å². The van der Waals surface area contributed by atoms with Crippen LogP contribution in [0, 0.1) is 0 Å². The lowest BCUT2D eigenvalue weighted by molar-refractivity contribution is 0.0956. The molecule has 0 radical (unpaired) electrons. The summed E-state index contributed by atoms with van der Waals surface area (Å²) < 4.78 is 0.924. The maximum Gasteiger partial charge on any atom is 0.263 e. The average Bonchev–Trinajstić information content (AvgIpc) is 3.13. The van der Waals surface area contributed by atoms with Gasteiger partial charge in [-0.05, 0) is 12.1 Å². The highest BCUT2D eigenvalue weighted by Crippen LogP contribution is 2.31. The van der Waals surface area contributed by atoms with Gasteiger partial charge in [0, 0.05) is 30.2 Å². The van der Waals surface area contributed by atoms with E-state index in [1.165, 1.54) is 11.3 Å². The third-order valence-corrected chi connectivity index (χ3v) is 5.30. The minimum absolute atomic E-state index is 0.154. The fourth-order valence-electron chi connectivity index (χ4n) is 2.01. The van der Waals surface area contributed by atoms with Crippen LogP contribution in [-0.4, -0.2) is 22.4 Å². The van der Waals surface area contributed by atoms with Crippen molar-refractivity contribution in [2.24, 2.45) is 0 Å². The number of nitrogens with zero attached hydrogens (tertiary/aromatic N) is 2. The number of hydrogen-bond donors (Lipinski definition) is 2. The molecule has 3 rings (SSSR count). The van der Waals surface area contributed by atoms with Gasteiger partial charge in [0.2, 0.25) is 0 Å². The zero-order chi connectivity index (χ0) is 14.8. The summed E-state index contributed by atoms with van der Waals surface area (Å²) >= 11 is 2.96. The number of nitrogen functional groups attached to an aromatic ring is 1. The van der Waals surface area contributed by atoms with Crippen molar-refractivity contribution in [2.75, 3.05) is 12.3 Å². The molecule has 21 heavy (non-hydrogen) atoms. The number of thiophene rings is 1. The first kappa shape index (κ1) is 14.0. The van der Waals surface area contributed by atoms with Gasteiger partial charge in [0.15, 0.2) is 0 Å². The summed E-state index contributed by atoms with van der Waals surface area (Å²) in [6, 6.07) is 3.75. The number of rotatable bonds is 4. The highest BCUT2D eigenvalue weighted by atomic mass is 32.1. The molecule has 0 saturated heterocycles. The van der Waals surface area contributed by atoms with E-state index in [1.807, 2.05) is 24.4 Å². The van der Waals surface area contributed by atoms with Crippen LogP contribution in [0.3, 0.4) is 0 Å². The van der Waals surface area contributed by atoms with E-state index in [0.717, 1.165) is 9.71 Å². The third-order valence-electron chi connectivity index (χ3n) is 3.13. The Morgan fingerprint density at radius 2 is 2.29 bits per heavy atom. The van der Waals surface area contributed by atoms with Crippen molar-refractivity contribution < 1.29 is 4.79 Å². The summed E-state index contributed by atoms with van der Waals surface area (Å²) in [5, 5.41) is 5.87. The Kier molecular flexibility index (Phi) is 3.85. The molecule has 108 valence electrons. The lowest BCUT2D eigenvalue weighted by Gasteiger charge is -2.09. The van der Waals surface area contributed by atoms with Gasteiger partial charge in [-0.15, -0.1) is 22.7 Å². The SMILES string of the molecule is CC(CNC(=O)c1sc2cccnc2c1N)c1nccs1. The molecule has 0 saturated carbocycles. The topological polar surface area (TPSA) is 80.9 Å². The van der Waals surface area contributed by atoms with E-state index in [1.54, 1.807) is 23.7 Å². The van der Waals surface area contributed by atoms with E-state index in [4.69, 9.17) is 5.73 Å². The molecule has 0 fully saturated rings. The second kappa shape index (κ2) is 5.79. The van der Waals surface area contributed by atoms with Gasteiger partial charge in [-0.25, -0.2) is 4.98 Å². The molecular formula is C14H14N4OS2. The lowest BCUT2D eigenvalue weighted by atomic mass is 10.2. The van der Waals surface area contributed by atoms with Crippen molar-refractivity contribution in [1.82, 2.24) is 15.3 Å². The fourth-order valence-corrected chi connectivity index (χ4v) is 3.70. The number of nitrogens with one attached hydrogen (secondary N) is 1. The number of pyridine rings is 1. The number of nitrogens with two attached hydrogens (primary N) is 1. The number of carbonyl (C=O) groups excluding carboxylic acids is 1. The molecule has 1 atom stereocenters. The lowest BCUT2D eigenvalue weighted by Crippen LogP contribution is -2.27. The smallest absolute Gasteiger partial charge is 0.263 e. The molecule has 5 nitrogen and oxygen atoms in total. The Hall–Kier alpha value is -1.99. The molecule has 1 unspecified atom stereocenters. The first-order valence-electron chi connectivity index (χ1n) is 6.47. The normalized spacial score (nSPS) is 12.4. The summed E-state index contributed by atoms with van der Waals surface area (Å²) in [5.74, 6) is 0.0292. The number of aromatic nitrogens is 2. The summed E-state index contributed by atoms with van der Waals surface area (Å²) in [6.45, 7) is 2.57. The third kappa shape index (κ3) is 2.74. The van der Waals surface area contributed by atoms with Crippen molar-refractivity contribution in [1.29, 1.82) is 0 Å². The summed E-state index contributed by atoms with van der Waals surface area (Å²) in [7, 11) is 0. The van der Waals surface area contributed by atoms with Crippen molar-refractivity contribution in [2.45, 2.75) is 12.8 Å². The van der Waals surface area contributed by atoms with Crippen LogP contribution in [-0.2, 0) is 0 Å². The number of thiazole rings is 1. The molecule has 3 aromatic heterocycles. The Labute approximate surface area is 129 Å². The number of hydrogen-bond acceptors (Lipinski definition) is 6. The molecular weight excluding hydrogens is 304 g/mol. The van der Waals surface area contributed by atoms with Crippen LogP contribution in [0.15, 0.2) is 29.9 Å². The van der Waals surface area contributed by atoms with Crippen molar-refractivity contribution >= 4 is 44.5 Å². The van der Waals surface area contributed by atoms with Crippen LogP contribution in [0.4, 0.5) is 5.69 Å². The van der Waals surface area contributed by atoms with Crippen LogP contribution in [0.1, 0.15) is 27.5 Å². The molecule has 0 aliphatic rings. The van der Waals surface area contributed by atoms with Gasteiger partial charge >= 0.3 is 0 Å². The minimum atomic E-state index is -0.154. The van der Waals surface area contributed by atoms with Gasteiger partial charge in [0.05, 0.1) is 15.4 Å². The maximum absolute atomic E-state index is 12.3. The molecule has 0 bridgehead atoms. The van der Waals surface area contributed by atoms with Crippen LogP contribution >= 0.6 is 22.7 Å². The summed E-state index contributed by atoms with van der Waals surface area (Å²) in [4.78, 5) is 21.3. The molecule has 3 aromatic rings. The van der Waals surface area contributed by atoms with E-state index in [2.05, 4.69) is 15.3 Å². The Morgan fingerprint density at radius 1 is 1.43 bits per heavy atom. The number of amides is 1. The fraction of sp³-hybridized carbons (Fsp3) is 0.214. The van der Waals surface area contributed by atoms with Gasteiger partial charge in [-0.2, -0.15) is 0 Å². The second-order valence-corrected chi connectivity index (χ2v) is 6.65. The predicted octanol–water partition coefficient (Wildman–Crippen LogP) is 2.87. The Morgan fingerprint density at radius 3 is 3.00 bits per heavy atom. The van der Waals surface area contributed by atoms with Crippen LogP contribution < -0.4 is 11.1 Å². The Bertz CT molecular complexity index is 766. The maximum atomic E-state index is 12.3. The monoisotopic (exact) mass is 318 g/mol. The zero-order valence-electron chi connectivity index (χ0n) is 11.4. The van der Waals surface area contributed by atoms with Crippen LogP contribution in [0.25, 0.3) is 10.2 Å². The Balaban J connectivity index is 1.74. The molecule has 7 heteroatoms. The first-order chi connectivity index (χ1) is 10.2. The van der Waals surface area contributed by atoms with E-state index >= 15 is 0 Å². The number of anilines is 1. The first-order valence-corrected chi connectivity index (χ1v) is 8.17. The zero-order valence-corrected chi connectivity index (χ0v) is 13.0. The highest BCUT2D eigenvalue weighted by molar-refractivity contribution is 7.21. The summed E-state index contributed by atoms with van der Waals surface area (Å²) in [6.07, 6.45) is 3.45. The molecule has 0 spiro atoms. The number of fused-ring (bicyclic) bond motifs is 1. The highest BCUT2D eigenvalue weighted by Gasteiger charge is 2.18. The standard InChI is InChI=1S/C14H14N4OS2/c1-8(14-17-5-6-20-14)7-18-13(19)12-10(15)11-9(21-12)3-2-4-16-11/h2-6,8H,7,15H2,1H3,(H,18,19). The van der Waals surface area contributed by atoms with Crippen molar-refractivity contribution in [3.63, 3.8) is 0 Å². The van der Waals surface area contributed by atoms with Crippen LogP contribution in [0.5, 0.6) is 0 Å². The van der Waals surface area contributed by atoms with Crippen molar-refractivity contribution in [3.8, 4) is 0 Å². The largest absolute Gasteiger partial charge is 0.396 e. The van der Waals surface area contributed by atoms with Gasteiger partial charge in [0.1, 0.15) is 10.4 Å². The van der Waals surface area contributed by atoms with E-state index < -0.39 is 0 Å². The molecule has 3 heterocycles. The van der Waals surface area contributed by atoms with E-state index in [9.17, 15) is 4.79 Å². The molecule has 3 N–H and O–H groups in total. The average molecular weight is 318 g/mol. The van der Waals surface area contributed by atoms with Gasteiger partial charge in [0.25, 0.3) is 5.91 Å². The second-order valence-electron chi connectivity index (χ2n) is 4.68. The number of carbonyl (C=O) groups is 1. The minimum Gasteiger partial charge on any atom is -0.396 e.